The first kappa shape index (κ1) is 27.8. The van der Waals surface area contributed by atoms with Gasteiger partial charge in [-0.05, 0) is 49.7 Å². The summed E-state index contributed by atoms with van der Waals surface area (Å²) in [7, 11) is -3.66. The molecule has 4 atom stereocenters. The molecule has 10 heteroatoms. The number of amides is 2. The van der Waals surface area contributed by atoms with Gasteiger partial charge in [-0.3, -0.25) is 15.0 Å². The topological polar surface area (TPSA) is 145 Å². The molecule has 0 radical (unpaired) electrons. The quantitative estimate of drug-likeness (QED) is 0.270. The highest BCUT2D eigenvalue weighted by Crippen LogP contribution is 2.40. The van der Waals surface area contributed by atoms with Crippen molar-refractivity contribution in [2.24, 2.45) is 11.7 Å². The minimum atomic E-state index is -3.66. The molecule has 2 aliphatic rings. The number of benzene rings is 2. The molecule has 1 heterocycles. The van der Waals surface area contributed by atoms with Crippen molar-refractivity contribution in [1.82, 2.24) is 14.9 Å². The number of nitrogens with one attached hydrogen (secondary N) is 3. The highest BCUT2D eigenvalue weighted by atomic mass is 32.2. The minimum absolute atomic E-state index is 0.0212. The molecular weight excluding hydrogens is 502 g/mol. The maximum atomic E-state index is 14.1. The van der Waals surface area contributed by atoms with Gasteiger partial charge in [0, 0.05) is 18.2 Å². The van der Waals surface area contributed by atoms with Crippen LogP contribution in [0.3, 0.4) is 0 Å². The summed E-state index contributed by atoms with van der Waals surface area (Å²) in [6.45, 7) is 1.82. The summed E-state index contributed by atoms with van der Waals surface area (Å²) in [4.78, 5) is 29.2. The van der Waals surface area contributed by atoms with Crippen LogP contribution < -0.4 is 15.8 Å². The molecule has 9 nitrogen and oxygen atoms in total. The van der Waals surface area contributed by atoms with Crippen molar-refractivity contribution >= 4 is 27.7 Å². The van der Waals surface area contributed by atoms with Crippen molar-refractivity contribution in [3.8, 4) is 0 Å². The van der Waals surface area contributed by atoms with Crippen molar-refractivity contribution in [3.63, 3.8) is 0 Å². The van der Waals surface area contributed by atoms with Gasteiger partial charge in [-0.2, -0.15) is 0 Å². The molecule has 38 heavy (non-hydrogen) atoms. The van der Waals surface area contributed by atoms with E-state index in [0.717, 1.165) is 36.8 Å². The predicted octanol–water partition coefficient (Wildman–Crippen LogP) is 2.30. The van der Waals surface area contributed by atoms with Gasteiger partial charge in [0.1, 0.15) is 17.9 Å². The molecule has 1 aliphatic heterocycles. The molecule has 4 rings (SSSR count). The van der Waals surface area contributed by atoms with Gasteiger partial charge in [-0.1, -0.05) is 67.4 Å². The van der Waals surface area contributed by atoms with E-state index in [1.807, 2.05) is 42.5 Å². The normalized spacial score (nSPS) is 21.9. The fourth-order valence-electron chi connectivity index (χ4n) is 5.63. The van der Waals surface area contributed by atoms with Crippen LogP contribution in [-0.4, -0.2) is 54.8 Å². The van der Waals surface area contributed by atoms with Gasteiger partial charge >= 0.3 is 0 Å². The summed E-state index contributed by atoms with van der Waals surface area (Å²) in [5.41, 5.74) is 7.83. The number of fused-ring (bicyclic) bond motifs is 1. The van der Waals surface area contributed by atoms with Gasteiger partial charge in [0.25, 0.3) is 0 Å². The Balaban J connectivity index is 1.56. The van der Waals surface area contributed by atoms with Crippen LogP contribution in [-0.2, 0) is 32.6 Å². The fraction of sp³-hybridized carbons (Fsp3) is 0.464. The standard InChI is InChI=1S/C28H37N5O4S/c1-2-38(36,37)32-23(16-19-8-4-3-5-9-19)28(35)33-24-11-7-6-10-22(24)17-25(33)27(34)31-18-20-12-14-21(15-13-20)26(29)30/h3-5,8-9,12-15,22-25,32H,2,6-7,10-11,16-18H2,1H3,(H3,29,30)(H,31,34)/t22-,23-,24-,25+/m1/s1. The van der Waals surface area contributed by atoms with Gasteiger partial charge in [0.2, 0.25) is 21.8 Å². The monoisotopic (exact) mass is 539 g/mol. The SMILES string of the molecule is CCS(=O)(=O)N[C@H](Cc1ccccc1)C(=O)N1[C@@H]2CCCC[C@@H]2C[C@H]1C(=O)NCc1ccc(C(=N)N)cc1. The molecule has 0 unspecified atom stereocenters. The third kappa shape index (κ3) is 6.60. The smallest absolute Gasteiger partial charge is 0.243 e. The van der Waals surface area contributed by atoms with Crippen LogP contribution in [0.15, 0.2) is 54.6 Å². The van der Waals surface area contributed by atoms with E-state index in [0.29, 0.717) is 12.0 Å². The maximum absolute atomic E-state index is 14.1. The van der Waals surface area contributed by atoms with Crippen molar-refractivity contribution in [2.45, 2.75) is 70.1 Å². The summed E-state index contributed by atoms with van der Waals surface area (Å²) in [6, 6.07) is 14.7. The zero-order valence-corrected chi connectivity index (χ0v) is 22.5. The van der Waals surface area contributed by atoms with Gasteiger partial charge in [-0.15, -0.1) is 0 Å². The molecule has 2 aromatic rings. The van der Waals surface area contributed by atoms with Crippen molar-refractivity contribution in [2.75, 3.05) is 5.75 Å². The number of nitrogens with two attached hydrogens (primary N) is 1. The van der Waals surface area contributed by atoms with Crippen LogP contribution in [0.1, 0.15) is 55.7 Å². The summed E-state index contributed by atoms with van der Waals surface area (Å²) in [6.07, 6.45) is 4.59. The lowest BCUT2D eigenvalue weighted by molar-refractivity contribution is -0.142. The average Bonchev–Trinajstić information content (AvgIpc) is 3.31. The third-order valence-corrected chi connectivity index (χ3v) is 9.06. The van der Waals surface area contributed by atoms with Crippen LogP contribution in [0.2, 0.25) is 0 Å². The first-order valence-corrected chi connectivity index (χ1v) is 14.9. The number of nitrogens with zero attached hydrogens (tertiary/aromatic N) is 1. The highest BCUT2D eigenvalue weighted by Gasteiger charge is 2.49. The summed E-state index contributed by atoms with van der Waals surface area (Å²) < 4.78 is 27.7. The Kier molecular flexibility index (Phi) is 8.83. The number of carbonyl (C=O) groups excluding carboxylic acids is 2. The number of hydrogen-bond acceptors (Lipinski definition) is 5. The van der Waals surface area contributed by atoms with Crippen LogP contribution in [0, 0.1) is 11.3 Å². The first-order valence-electron chi connectivity index (χ1n) is 13.3. The first-order chi connectivity index (χ1) is 18.2. The Morgan fingerprint density at radius 2 is 1.74 bits per heavy atom. The largest absolute Gasteiger partial charge is 0.384 e. The third-order valence-electron chi connectivity index (χ3n) is 7.66. The van der Waals surface area contributed by atoms with E-state index in [1.165, 1.54) is 0 Å². The molecule has 2 aromatic carbocycles. The lowest BCUT2D eigenvalue weighted by Crippen LogP contribution is -2.57. The molecule has 5 N–H and O–H groups in total. The summed E-state index contributed by atoms with van der Waals surface area (Å²) >= 11 is 0. The van der Waals surface area contributed by atoms with Gasteiger partial charge in [-0.25, -0.2) is 13.1 Å². The number of hydrogen-bond donors (Lipinski definition) is 4. The van der Waals surface area contributed by atoms with E-state index in [-0.39, 0.29) is 48.3 Å². The van der Waals surface area contributed by atoms with Gasteiger partial charge in [0.15, 0.2) is 0 Å². The van der Waals surface area contributed by atoms with Crippen LogP contribution in [0.5, 0.6) is 0 Å². The van der Waals surface area contributed by atoms with Crippen LogP contribution >= 0.6 is 0 Å². The van der Waals surface area contributed by atoms with Crippen molar-refractivity contribution < 1.29 is 18.0 Å². The van der Waals surface area contributed by atoms with E-state index >= 15 is 0 Å². The lowest BCUT2D eigenvalue weighted by atomic mass is 9.84. The highest BCUT2D eigenvalue weighted by molar-refractivity contribution is 7.89. The average molecular weight is 540 g/mol. The summed E-state index contributed by atoms with van der Waals surface area (Å²) in [5, 5.41) is 10.5. The molecule has 1 aliphatic carbocycles. The van der Waals surface area contributed by atoms with E-state index < -0.39 is 22.1 Å². The zero-order chi connectivity index (χ0) is 27.3. The second-order valence-electron chi connectivity index (χ2n) is 10.2. The maximum Gasteiger partial charge on any atom is 0.243 e. The molecule has 0 spiro atoms. The minimum Gasteiger partial charge on any atom is -0.384 e. The second kappa shape index (κ2) is 12.1. The molecule has 2 fully saturated rings. The molecule has 1 saturated carbocycles. The van der Waals surface area contributed by atoms with Crippen LogP contribution in [0.4, 0.5) is 0 Å². The Hall–Kier alpha value is -3.24. The number of rotatable bonds is 10. The number of amidine groups is 1. The molecular formula is C28H37N5O4S. The Morgan fingerprint density at radius 3 is 2.39 bits per heavy atom. The van der Waals surface area contributed by atoms with Crippen molar-refractivity contribution in [1.29, 1.82) is 5.41 Å². The lowest BCUT2D eigenvalue weighted by Gasteiger charge is -2.36. The Morgan fingerprint density at radius 1 is 1.05 bits per heavy atom. The zero-order valence-electron chi connectivity index (χ0n) is 21.7. The Bertz CT molecular complexity index is 1250. The molecule has 0 aromatic heterocycles. The number of likely N-dealkylation sites (tertiary alicyclic amines) is 1. The van der Waals surface area contributed by atoms with Crippen molar-refractivity contribution in [3.05, 3.63) is 71.3 Å². The number of carbonyl (C=O) groups is 2. The van der Waals surface area contributed by atoms with Gasteiger partial charge in [0.05, 0.1) is 5.75 Å². The molecule has 0 bridgehead atoms. The number of nitrogen functional groups attached to an aromatic ring is 1. The fourth-order valence-corrected chi connectivity index (χ4v) is 6.41. The predicted molar refractivity (Wildman–Crippen MR) is 147 cm³/mol. The molecule has 1 saturated heterocycles. The molecule has 2 amide bonds. The number of sulfonamides is 1. The van der Waals surface area contributed by atoms with Crippen LogP contribution in [0.25, 0.3) is 0 Å². The summed E-state index contributed by atoms with van der Waals surface area (Å²) in [5.74, 6) is -0.513. The van der Waals surface area contributed by atoms with E-state index in [4.69, 9.17) is 11.1 Å². The van der Waals surface area contributed by atoms with Gasteiger partial charge < -0.3 is 16.0 Å². The van der Waals surface area contributed by atoms with E-state index in [2.05, 4.69) is 10.0 Å². The van der Waals surface area contributed by atoms with E-state index in [9.17, 15) is 18.0 Å². The van der Waals surface area contributed by atoms with E-state index in [1.54, 1.807) is 24.0 Å². The molecule has 204 valence electrons. The second-order valence-corrected chi connectivity index (χ2v) is 12.2. The Labute approximate surface area is 224 Å².